The van der Waals surface area contributed by atoms with Crippen LogP contribution in [0.25, 0.3) is 0 Å². The van der Waals surface area contributed by atoms with Gasteiger partial charge in [-0.2, -0.15) is 68.1 Å². The van der Waals surface area contributed by atoms with E-state index in [1.165, 1.54) is 0 Å². The van der Waals surface area contributed by atoms with E-state index in [2.05, 4.69) is 5.32 Å². The lowest BCUT2D eigenvalue weighted by atomic mass is 10.1. The maximum absolute atomic E-state index is 13.9. The van der Waals surface area contributed by atoms with Gasteiger partial charge in [0, 0.05) is 139 Å². The standard InChI is InChI=1S/C28H44ClN5O5S2.C21H41N5O4S2.C7H4Cl2O/c29-26-11-9-25(10-12-26)27(35)30-15-7-21-33(40(36,37)31-17-3-1-4-18-31)23-28(13-14-28)24-34(22-8-16-30)41(38,39)32-19-5-2-6-20-32;27-31(28,23-13-3-1-4-14-23)25-17-7-11-22-12-8-18-26(20-21(19-25)9-10-21)32(29,30)24-15-5-2-6-16-24;8-6-3-1-5(2-4-6)7(9)10/h9-12H,1-8,13-24H2;22H,1-20H2;1-4H. The van der Waals surface area contributed by atoms with Gasteiger partial charge in [-0.05, 0) is 187 Å². The second-order valence-corrected chi connectivity index (χ2v) is 32.9. The Morgan fingerprint density at radius 3 is 0.892 bits per heavy atom. The molecule has 8 fully saturated rings. The Labute approximate surface area is 511 Å². The number of piperidine rings is 4. The number of carbonyl (C=O) groups excluding carboxylic acids is 2. The van der Waals surface area contributed by atoms with E-state index in [4.69, 9.17) is 34.8 Å². The highest BCUT2D eigenvalue weighted by Crippen LogP contribution is 2.49. The molecule has 2 aliphatic carbocycles. The van der Waals surface area contributed by atoms with Crippen molar-refractivity contribution in [3.8, 4) is 0 Å². The number of nitrogens with zero attached hydrogens (tertiary/aromatic N) is 9. The molecule has 0 aromatic heterocycles. The molecule has 2 aromatic rings. The Hall–Kier alpha value is -2.11. The van der Waals surface area contributed by atoms with Crippen molar-refractivity contribution in [2.24, 2.45) is 10.8 Å². The molecule has 6 aliphatic heterocycles. The molecule has 10 rings (SSSR count). The van der Waals surface area contributed by atoms with Crippen molar-refractivity contribution < 1.29 is 43.3 Å². The molecule has 1 N–H and O–H groups in total. The Balaban J connectivity index is 0.000000189. The number of carbonyl (C=O) groups is 2. The van der Waals surface area contributed by atoms with Crippen LogP contribution in [0.15, 0.2) is 48.5 Å². The van der Waals surface area contributed by atoms with E-state index in [1.807, 2.05) is 0 Å². The maximum atomic E-state index is 13.9. The van der Waals surface area contributed by atoms with Crippen molar-refractivity contribution in [1.82, 2.24) is 44.7 Å². The summed E-state index contributed by atoms with van der Waals surface area (Å²) >= 11 is 16.8. The van der Waals surface area contributed by atoms with Crippen LogP contribution in [-0.4, -0.2) is 215 Å². The number of hydrogen-bond acceptors (Lipinski definition) is 11. The van der Waals surface area contributed by atoms with Crippen molar-refractivity contribution >= 4 is 86.8 Å². The van der Waals surface area contributed by atoms with Crippen molar-refractivity contribution in [3.05, 3.63) is 69.7 Å². The molecule has 27 heteroatoms. The van der Waals surface area contributed by atoms with E-state index in [0.29, 0.717) is 152 Å². The average molecular weight is 1300 g/mol. The molecule has 8 aliphatic rings. The van der Waals surface area contributed by atoms with Gasteiger partial charge in [0.1, 0.15) is 0 Å². The fourth-order valence-corrected chi connectivity index (χ4v) is 19.9. The zero-order valence-corrected chi connectivity index (χ0v) is 53.8. The lowest BCUT2D eigenvalue weighted by Gasteiger charge is -2.38. The van der Waals surface area contributed by atoms with Crippen LogP contribution >= 0.6 is 34.8 Å². The highest BCUT2D eigenvalue weighted by Gasteiger charge is 2.52. The third-order valence-electron chi connectivity index (χ3n) is 17.5. The molecular weight excluding hydrogens is 1210 g/mol. The van der Waals surface area contributed by atoms with Gasteiger partial charge in [-0.15, -0.1) is 0 Å². The van der Waals surface area contributed by atoms with E-state index >= 15 is 0 Å². The Morgan fingerprint density at radius 2 is 0.614 bits per heavy atom. The highest BCUT2D eigenvalue weighted by molar-refractivity contribution is 7.87. The largest absolute Gasteiger partial charge is 0.339 e. The molecule has 83 heavy (non-hydrogen) atoms. The number of halogens is 3. The normalized spacial score (nSPS) is 24.5. The highest BCUT2D eigenvalue weighted by atomic mass is 35.5. The first-order valence-electron chi connectivity index (χ1n) is 30.4. The van der Waals surface area contributed by atoms with Gasteiger partial charge in [0.15, 0.2) is 0 Å². The van der Waals surface area contributed by atoms with E-state index in [-0.39, 0.29) is 16.7 Å². The quantitative estimate of drug-likeness (QED) is 0.232. The average Bonchev–Trinajstić information content (AvgIpc) is 3.47. The van der Waals surface area contributed by atoms with E-state index in [1.54, 1.807) is 87.9 Å². The third-order valence-corrected chi connectivity index (χ3v) is 26.1. The maximum Gasteiger partial charge on any atom is 0.281 e. The summed E-state index contributed by atoms with van der Waals surface area (Å²) in [6.45, 7) is 9.77. The third kappa shape index (κ3) is 18.5. The summed E-state index contributed by atoms with van der Waals surface area (Å²) in [6, 6.07) is 13.2. The lowest BCUT2D eigenvalue weighted by Crippen LogP contribution is -2.52. The van der Waals surface area contributed by atoms with Gasteiger partial charge in [-0.25, -0.2) is 0 Å². The molecule has 2 aromatic carbocycles. The topological polar surface area (TPSA) is 212 Å². The van der Waals surface area contributed by atoms with Gasteiger partial charge < -0.3 is 10.2 Å². The molecule has 6 heterocycles. The monoisotopic (exact) mass is 1290 g/mol. The summed E-state index contributed by atoms with van der Waals surface area (Å²) in [5.74, 6) is -0.159. The molecular formula is C56H89Cl3N10O10S4. The van der Waals surface area contributed by atoms with E-state index in [9.17, 15) is 43.3 Å². The first-order valence-corrected chi connectivity index (χ1v) is 37.1. The van der Waals surface area contributed by atoms with Crippen molar-refractivity contribution in [1.29, 1.82) is 0 Å². The number of amides is 1. The van der Waals surface area contributed by atoms with Crippen LogP contribution in [0, 0.1) is 10.8 Å². The fraction of sp³-hybridized carbons (Fsp3) is 0.750. The van der Waals surface area contributed by atoms with E-state index < -0.39 is 46.1 Å². The molecule has 1 amide bonds. The molecule has 2 spiro atoms. The Bertz CT molecular complexity index is 2760. The minimum absolute atomic E-state index is 0.159. The van der Waals surface area contributed by atoms with Gasteiger partial charge >= 0.3 is 0 Å². The van der Waals surface area contributed by atoms with Crippen molar-refractivity contribution in [2.45, 2.75) is 128 Å². The van der Waals surface area contributed by atoms with Crippen molar-refractivity contribution in [2.75, 3.05) is 131 Å². The SMILES string of the molecule is O=C(Cl)c1ccc(Cl)cc1.O=C(c1ccc(Cl)cc1)N1CCCN(S(=O)(=O)N2CCCCC2)CC2(CC2)CN(S(=O)(=O)N2CCCCC2)CCC1.O=S(=O)(N1CCCCC1)N1CCCNCCCN(S(=O)(=O)N2CCCCC2)CC2(CC2)C1. The first kappa shape index (κ1) is 66.8. The molecule has 0 unspecified atom stereocenters. The number of rotatable bonds is 10. The van der Waals surface area contributed by atoms with Crippen LogP contribution in [0.3, 0.4) is 0 Å². The lowest BCUT2D eigenvalue weighted by molar-refractivity contribution is 0.0742. The van der Waals surface area contributed by atoms with Crippen LogP contribution in [-0.2, 0) is 40.8 Å². The predicted molar refractivity (Wildman–Crippen MR) is 327 cm³/mol. The van der Waals surface area contributed by atoms with Crippen LogP contribution < -0.4 is 5.32 Å². The molecule has 0 radical (unpaired) electrons. The summed E-state index contributed by atoms with van der Waals surface area (Å²) in [4.78, 5) is 25.7. The van der Waals surface area contributed by atoms with Crippen molar-refractivity contribution in [3.63, 3.8) is 0 Å². The molecule has 2 saturated carbocycles. The predicted octanol–water partition coefficient (Wildman–Crippen LogP) is 7.36. The van der Waals surface area contributed by atoms with Gasteiger partial charge in [0.25, 0.3) is 52.0 Å². The second-order valence-electron chi connectivity index (χ2n) is 23.9. The number of benzene rings is 2. The molecule has 0 bridgehead atoms. The summed E-state index contributed by atoms with van der Waals surface area (Å²) in [7, 11) is -14.4. The zero-order valence-electron chi connectivity index (χ0n) is 48.3. The summed E-state index contributed by atoms with van der Waals surface area (Å²) in [6.07, 6.45) is 17.3. The molecule has 468 valence electrons. The van der Waals surface area contributed by atoms with Crippen LogP contribution in [0.1, 0.15) is 149 Å². The van der Waals surface area contributed by atoms with Gasteiger partial charge in [-0.1, -0.05) is 48.9 Å². The Morgan fingerprint density at radius 1 is 0.349 bits per heavy atom. The number of nitrogens with one attached hydrogen (secondary N) is 1. The summed E-state index contributed by atoms with van der Waals surface area (Å²) in [5, 5.41) is 4.05. The van der Waals surface area contributed by atoms with Gasteiger partial charge in [0.2, 0.25) is 0 Å². The fourth-order valence-electron chi connectivity index (χ4n) is 12.2. The van der Waals surface area contributed by atoms with E-state index in [0.717, 1.165) is 129 Å². The van der Waals surface area contributed by atoms with Gasteiger partial charge in [-0.3, -0.25) is 9.59 Å². The summed E-state index contributed by atoms with van der Waals surface area (Å²) in [5.41, 5.74) is 0.349. The van der Waals surface area contributed by atoms with Gasteiger partial charge in [0.05, 0.1) is 0 Å². The Kier molecular flexibility index (Phi) is 24.5. The van der Waals surface area contributed by atoms with Crippen LogP contribution in [0.4, 0.5) is 0 Å². The smallest absolute Gasteiger partial charge is 0.281 e. The molecule has 6 saturated heterocycles. The summed E-state index contributed by atoms with van der Waals surface area (Å²) < 4.78 is 122. The van der Waals surface area contributed by atoms with Crippen LogP contribution in [0.2, 0.25) is 10.0 Å². The second kappa shape index (κ2) is 30.4. The molecule has 0 atom stereocenters. The first-order chi connectivity index (χ1) is 39.6. The zero-order chi connectivity index (χ0) is 59.3. The minimum atomic E-state index is -3.70. The number of hydrogen-bond donors (Lipinski definition) is 1. The molecule has 20 nitrogen and oxygen atoms in total. The minimum Gasteiger partial charge on any atom is -0.339 e. The van der Waals surface area contributed by atoms with Crippen LogP contribution in [0.5, 0.6) is 0 Å².